The maximum absolute atomic E-state index is 5.12. The quantitative estimate of drug-likeness (QED) is 0.197. The maximum Gasteiger partial charge on any atom is 0.0849 e. The van der Waals surface area contributed by atoms with Crippen molar-refractivity contribution in [1.82, 2.24) is 4.98 Å². The van der Waals surface area contributed by atoms with Gasteiger partial charge in [-0.3, -0.25) is 9.98 Å². The van der Waals surface area contributed by atoms with E-state index in [1.807, 2.05) is 32.0 Å². The summed E-state index contributed by atoms with van der Waals surface area (Å²) < 4.78 is 0. The minimum absolute atomic E-state index is 0.853. The first kappa shape index (κ1) is 22.7. The molecule has 0 aliphatic carbocycles. The molecule has 4 aromatic carbocycles. The molecule has 3 nitrogen and oxygen atoms in total. The fraction of sp³-hybridized carbons (Fsp3) is 0.156. The molecular formula is C32H29N3. The minimum Gasteiger partial charge on any atom is -0.251 e. The van der Waals surface area contributed by atoms with Crippen LogP contribution in [0.25, 0.3) is 21.5 Å². The Kier molecular flexibility index (Phi) is 6.00. The van der Waals surface area contributed by atoms with E-state index >= 15 is 0 Å². The molecule has 0 amide bonds. The van der Waals surface area contributed by atoms with Crippen molar-refractivity contribution in [2.45, 2.75) is 34.6 Å². The number of aromatic nitrogens is 1. The summed E-state index contributed by atoms with van der Waals surface area (Å²) in [6.45, 7) is 10.4. The third-order valence-electron chi connectivity index (χ3n) is 6.43. The van der Waals surface area contributed by atoms with E-state index in [0.717, 1.165) is 45.0 Å². The number of benzene rings is 4. The van der Waals surface area contributed by atoms with Gasteiger partial charge in [0.2, 0.25) is 0 Å². The largest absolute Gasteiger partial charge is 0.251 e. The second kappa shape index (κ2) is 9.27. The van der Waals surface area contributed by atoms with Crippen LogP contribution in [0, 0.1) is 20.8 Å². The van der Waals surface area contributed by atoms with Gasteiger partial charge in [0.05, 0.1) is 34.2 Å². The lowest BCUT2D eigenvalue weighted by molar-refractivity contribution is 1.23. The van der Waals surface area contributed by atoms with Crippen molar-refractivity contribution in [1.29, 1.82) is 0 Å². The number of hydrogen-bond donors (Lipinski definition) is 0. The van der Waals surface area contributed by atoms with Crippen LogP contribution in [0.1, 0.15) is 41.9 Å². The number of rotatable bonds is 4. The number of fused-ring (bicyclic) bond motifs is 2. The molecular weight excluding hydrogens is 426 g/mol. The average Bonchev–Trinajstić information content (AvgIpc) is 2.86. The van der Waals surface area contributed by atoms with Crippen LogP contribution >= 0.6 is 0 Å². The Bertz CT molecular complexity index is 1560. The van der Waals surface area contributed by atoms with Gasteiger partial charge in [0, 0.05) is 10.8 Å². The first-order chi connectivity index (χ1) is 16.9. The van der Waals surface area contributed by atoms with Crippen molar-refractivity contribution in [3.8, 4) is 0 Å². The molecule has 1 aromatic heterocycles. The second-order valence-corrected chi connectivity index (χ2v) is 9.22. The predicted octanol–water partition coefficient (Wildman–Crippen LogP) is 8.59. The van der Waals surface area contributed by atoms with Crippen molar-refractivity contribution in [3.05, 3.63) is 113 Å². The molecule has 5 rings (SSSR count). The van der Waals surface area contributed by atoms with Gasteiger partial charge in [-0.2, -0.15) is 0 Å². The number of pyridine rings is 1. The van der Waals surface area contributed by atoms with Crippen LogP contribution in [-0.2, 0) is 0 Å². The molecule has 0 N–H and O–H groups in total. The third-order valence-corrected chi connectivity index (χ3v) is 6.43. The topological polar surface area (TPSA) is 37.6 Å². The van der Waals surface area contributed by atoms with Crippen LogP contribution in [0.4, 0.5) is 11.4 Å². The molecule has 172 valence electrons. The lowest BCUT2D eigenvalue weighted by Gasteiger charge is -2.10. The smallest absolute Gasteiger partial charge is 0.0849 e. The van der Waals surface area contributed by atoms with Gasteiger partial charge < -0.3 is 0 Å². The van der Waals surface area contributed by atoms with Gasteiger partial charge in [0.15, 0.2) is 0 Å². The summed E-state index contributed by atoms with van der Waals surface area (Å²) in [5.74, 6) is 0. The zero-order chi connectivity index (χ0) is 24.5. The van der Waals surface area contributed by atoms with Crippen LogP contribution in [-0.4, -0.2) is 16.4 Å². The van der Waals surface area contributed by atoms with Gasteiger partial charge in [-0.15, -0.1) is 0 Å². The highest BCUT2D eigenvalue weighted by molar-refractivity contribution is 6.12. The van der Waals surface area contributed by atoms with Crippen molar-refractivity contribution in [3.63, 3.8) is 0 Å². The van der Waals surface area contributed by atoms with Crippen LogP contribution in [0.3, 0.4) is 0 Å². The minimum atomic E-state index is 0.853. The van der Waals surface area contributed by atoms with Gasteiger partial charge in [-0.25, -0.2) is 4.98 Å². The molecule has 35 heavy (non-hydrogen) atoms. The molecule has 1 heterocycles. The van der Waals surface area contributed by atoms with Crippen molar-refractivity contribution in [2.75, 3.05) is 0 Å². The Morgan fingerprint density at radius 2 is 1.06 bits per heavy atom. The standard InChI is InChI=1S/C32H29N3/c1-20-17-21(2)31(22(3)18-20)33-23(4)29-15-10-16-30(35-29)24(5)34-32-27-13-8-6-11-25(27)19-26-12-7-9-14-28(26)32/h6-19H,1-5H3/b33-23+,34-24+. The van der Waals surface area contributed by atoms with Crippen LogP contribution in [0.2, 0.25) is 0 Å². The summed E-state index contributed by atoms with van der Waals surface area (Å²) in [5.41, 5.74) is 9.11. The maximum atomic E-state index is 5.12. The molecule has 0 unspecified atom stereocenters. The van der Waals surface area contributed by atoms with Gasteiger partial charge in [0.1, 0.15) is 0 Å². The van der Waals surface area contributed by atoms with Gasteiger partial charge in [0.25, 0.3) is 0 Å². The van der Waals surface area contributed by atoms with Crippen LogP contribution < -0.4 is 0 Å². The fourth-order valence-electron chi connectivity index (χ4n) is 4.75. The van der Waals surface area contributed by atoms with E-state index in [2.05, 4.69) is 87.5 Å². The van der Waals surface area contributed by atoms with E-state index in [1.54, 1.807) is 0 Å². The molecule has 0 spiro atoms. The fourth-order valence-corrected chi connectivity index (χ4v) is 4.75. The van der Waals surface area contributed by atoms with Crippen molar-refractivity contribution < 1.29 is 0 Å². The molecule has 0 radical (unpaired) electrons. The molecule has 5 aromatic rings. The van der Waals surface area contributed by atoms with Crippen molar-refractivity contribution in [2.24, 2.45) is 9.98 Å². The predicted molar refractivity (Wildman–Crippen MR) is 150 cm³/mol. The van der Waals surface area contributed by atoms with E-state index in [9.17, 15) is 0 Å². The summed E-state index contributed by atoms with van der Waals surface area (Å²) in [6, 6.07) is 29.5. The summed E-state index contributed by atoms with van der Waals surface area (Å²) in [7, 11) is 0. The molecule has 3 heteroatoms. The summed E-state index contributed by atoms with van der Waals surface area (Å²) >= 11 is 0. The Labute approximate surface area is 206 Å². The zero-order valence-electron chi connectivity index (χ0n) is 20.9. The first-order valence-corrected chi connectivity index (χ1v) is 12.0. The first-order valence-electron chi connectivity index (χ1n) is 12.0. The molecule has 0 saturated carbocycles. The number of hydrogen-bond acceptors (Lipinski definition) is 3. The van der Waals surface area contributed by atoms with Crippen LogP contribution in [0.15, 0.2) is 94.9 Å². The van der Waals surface area contributed by atoms with E-state index in [1.165, 1.54) is 27.5 Å². The highest BCUT2D eigenvalue weighted by Crippen LogP contribution is 2.35. The summed E-state index contributed by atoms with van der Waals surface area (Å²) in [5, 5.41) is 4.66. The van der Waals surface area contributed by atoms with Gasteiger partial charge in [-0.05, 0) is 74.7 Å². The van der Waals surface area contributed by atoms with E-state index < -0.39 is 0 Å². The highest BCUT2D eigenvalue weighted by Gasteiger charge is 2.10. The molecule has 0 atom stereocenters. The van der Waals surface area contributed by atoms with E-state index in [0.29, 0.717) is 0 Å². The van der Waals surface area contributed by atoms with E-state index in [4.69, 9.17) is 15.0 Å². The summed E-state index contributed by atoms with van der Waals surface area (Å²) in [6.07, 6.45) is 0. The Balaban J connectivity index is 1.59. The summed E-state index contributed by atoms with van der Waals surface area (Å²) in [4.78, 5) is 15.0. The zero-order valence-corrected chi connectivity index (χ0v) is 20.9. The second-order valence-electron chi connectivity index (χ2n) is 9.22. The monoisotopic (exact) mass is 455 g/mol. The van der Waals surface area contributed by atoms with E-state index in [-0.39, 0.29) is 0 Å². The number of nitrogens with zero attached hydrogens (tertiary/aromatic N) is 3. The lowest BCUT2D eigenvalue weighted by atomic mass is 10.0. The van der Waals surface area contributed by atoms with Gasteiger partial charge >= 0.3 is 0 Å². The molecule has 0 bridgehead atoms. The Morgan fingerprint density at radius 3 is 1.60 bits per heavy atom. The molecule has 0 aliphatic heterocycles. The highest BCUT2D eigenvalue weighted by atomic mass is 14.8. The Hall–Kier alpha value is -4.11. The number of aryl methyl sites for hydroxylation is 3. The molecule has 0 fully saturated rings. The third kappa shape index (κ3) is 4.50. The number of aliphatic imine (C=N–C) groups is 2. The Morgan fingerprint density at radius 1 is 0.571 bits per heavy atom. The molecule has 0 saturated heterocycles. The van der Waals surface area contributed by atoms with Crippen LogP contribution in [0.5, 0.6) is 0 Å². The normalized spacial score (nSPS) is 12.5. The van der Waals surface area contributed by atoms with Crippen molar-refractivity contribution >= 4 is 44.3 Å². The SMILES string of the molecule is C/C(=N\c1c(C)cc(C)cc1C)c1cccc(/C(C)=N/c2c3ccccc3cc3ccccc23)n1. The average molecular weight is 456 g/mol. The molecule has 0 aliphatic rings. The lowest BCUT2D eigenvalue weighted by Crippen LogP contribution is -2.05. The van der Waals surface area contributed by atoms with Gasteiger partial charge in [-0.1, -0.05) is 72.3 Å².